The standard InChI is InChI=1S/C21H14/c1-2-6-17-14(4-1)10-12-19(17)20-13-11-16-9-8-15-5-3-7-18(15)21(16)20/h1-13,19H. The van der Waals surface area contributed by atoms with Gasteiger partial charge in [-0.25, -0.2) is 0 Å². The van der Waals surface area contributed by atoms with Crippen molar-refractivity contribution >= 4 is 29.9 Å². The third-order valence-corrected chi connectivity index (χ3v) is 4.72. The molecule has 21 heavy (non-hydrogen) atoms. The van der Waals surface area contributed by atoms with E-state index in [0.29, 0.717) is 5.92 Å². The maximum atomic E-state index is 2.33. The molecule has 0 bridgehead atoms. The smallest absolute Gasteiger partial charge is 0.0285 e. The van der Waals surface area contributed by atoms with Gasteiger partial charge in [0.2, 0.25) is 0 Å². The molecule has 3 aliphatic rings. The molecule has 0 heterocycles. The largest absolute Gasteiger partial charge is 0.0720 e. The average Bonchev–Trinajstić information content (AvgIpc) is 3.23. The molecular weight excluding hydrogens is 252 g/mol. The Bertz CT molecular complexity index is 981. The summed E-state index contributed by atoms with van der Waals surface area (Å²) in [7, 11) is 0. The quantitative estimate of drug-likeness (QED) is 0.741. The Morgan fingerprint density at radius 1 is 0.762 bits per heavy atom. The van der Waals surface area contributed by atoms with E-state index in [9.17, 15) is 0 Å². The molecule has 0 amide bonds. The predicted octanol–water partition coefficient (Wildman–Crippen LogP) is 3.48. The summed E-state index contributed by atoms with van der Waals surface area (Å²) >= 11 is 0. The molecule has 3 aliphatic carbocycles. The lowest BCUT2D eigenvalue weighted by atomic mass is 9.87. The summed E-state index contributed by atoms with van der Waals surface area (Å²) in [5.74, 6) is 0.388. The molecule has 5 rings (SSSR count). The van der Waals surface area contributed by atoms with Crippen molar-refractivity contribution in [1.82, 2.24) is 0 Å². The molecular formula is C21H14. The van der Waals surface area contributed by atoms with Gasteiger partial charge in [-0.05, 0) is 38.3 Å². The second-order valence-electron chi connectivity index (χ2n) is 5.81. The third kappa shape index (κ3) is 1.45. The van der Waals surface area contributed by atoms with E-state index < -0.39 is 0 Å². The van der Waals surface area contributed by atoms with Gasteiger partial charge in [-0.2, -0.15) is 0 Å². The Kier molecular flexibility index (Phi) is 2.09. The van der Waals surface area contributed by atoms with Crippen molar-refractivity contribution in [2.24, 2.45) is 0 Å². The van der Waals surface area contributed by atoms with E-state index in [2.05, 4.69) is 78.9 Å². The van der Waals surface area contributed by atoms with E-state index in [1.165, 1.54) is 38.3 Å². The lowest BCUT2D eigenvalue weighted by Gasteiger charge is -2.16. The van der Waals surface area contributed by atoms with Crippen LogP contribution in [0.4, 0.5) is 0 Å². The van der Waals surface area contributed by atoms with Crippen molar-refractivity contribution in [2.45, 2.75) is 5.92 Å². The van der Waals surface area contributed by atoms with Gasteiger partial charge in [0.05, 0.1) is 0 Å². The van der Waals surface area contributed by atoms with Crippen molar-refractivity contribution in [1.29, 1.82) is 0 Å². The first-order chi connectivity index (χ1) is 10.4. The fraction of sp³-hybridized carbons (Fsp3) is 0.0476. The second kappa shape index (κ2) is 3.95. The minimum atomic E-state index is 0.388. The predicted molar refractivity (Wildman–Crippen MR) is 89.9 cm³/mol. The second-order valence-corrected chi connectivity index (χ2v) is 5.81. The highest BCUT2D eigenvalue weighted by atomic mass is 14.3. The topological polar surface area (TPSA) is 0 Å². The van der Waals surface area contributed by atoms with E-state index in [1.807, 2.05) is 0 Å². The number of rotatable bonds is 1. The maximum absolute atomic E-state index is 2.33. The number of fused-ring (bicyclic) bond motifs is 4. The molecule has 2 aromatic carbocycles. The number of hydrogen-bond acceptors (Lipinski definition) is 0. The minimum absolute atomic E-state index is 0.388. The summed E-state index contributed by atoms with van der Waals surface area (Å²) in [6, 6.07) is 13.2. The van der Waals surface area contributed by atoms with Crippen LogP contribution in [-0.4, -0.2) is 0 Å². The van der Waals surface area contributed by atoms with Gasteiger partial charge >= 0.3 is 0 Å². The van der Waals surface area contributed by atoms with E-state index in [0.717, 1.165) is 0 Å². The molecule has 98 valence electrons. The lowest BCUT2D eigenvalue weighted by molar-refractivity contribution is 1.13. The van der Waals surface area contributed by atoms with Gasteiger partial charge in [-0.1, -0.05) is 78.9 Å². The fourth-order valence-corrected chi connectivity index (χ4v) is 3.73. The maximum Gasteiger partial charge on any atom is 0.0285 e. The molecule has 0 nitrogen and oxygen atoms in total. The van der Waals surface area contributed by atoms with Crippen molar-refractivity contribution in [3.8, 4) is 0 Å². The first kappa shape index (κ1) is 11.1. The minimum Gasteiger partial charge on any atom is -0.0720 e. The van der Waals surface area contributed by atoms with Crippen LogP contribution in [0.5, 0.6) is 0 Å². The molecule has 0 aromatic heterocycles. The van der Waals surface area contributed by atoms with Gasteiger partial charge in [0.1, 0.15) is 0 Å². The number of benzene rings is 2. The lowest BCUT2D eigenvalue weighted by Crippen LogP contribution is -2.16. The number of allylic oxidation sites excluding steroid dienone is 4. The van der Waals surface area contributed by atoms with Gasteiger partial charge in [0.15, 0.2) is 0 Å². The zero-order valence-corrected chi connectivity index (χ0v) is 11.6. The zero-order chi connectivity index (χ0) is 13.8. The van der Waals surface area contributed by atoms with Crippen LogP contribution >= 0.6 is 0 Å². The molecule has 1 atom stereocenters. The fourth-order valence-electron chi connectivity index (χ4n) is 3.73. The molecule has 0 N–H and O–H groups in total. The molecule has 0 spiro atoms. The average molecular weight is 266 g/mol. The summed E-state index contributed by atoms with van der Waals surface area (Å²) < 4.78 is 0. The summed E-state index contributed by atoms with van der Waals surface area (Å²) in [6.45, 7) is 0. The SMILES string of the molecule is C1=Cc2c3c(ccc2=C1)=CC=C3C1C=Cc2ccccc21. The van der Waals surface area contributed by atoms with Crippen molar-refractivity contribution < 1.29 is 0 Å². The number of hydrogen-bond donors (Lipinski definition) is 0. The van der Waals surface area contributed by atoms with Crippen LogP contribution in [-0.2, 0) is 0 Å². The van der Waals surface area contributed by atoms with E-state index >= 15 is 0 Å². The Morgan fingerprint density at radius 3 is 2.67 bits per heavy atom. The third-order valence-electron chi connectivity index (χ3n) is 4.72. The molecule has 2 aromatic rings. The monoisotopic (exact) mass is 266 g/mol. The van der Waals surface area contributed by atoms with E-state index in [-0.39, 0.29) is 0 Å². The van der Waals surface area contributed by atoms with Gasteiger partial charge in [0, 0.05) is 5.92 Å². The van der Waals surface area contributed by atoms with Crippen LogP contribution in [0, 0.1) is 0 Å². The van der Waals surface area contributed by atoms with Crippen LogP contribution < -0.4 is 10.4 Å². The van der Waals surface area contributed by atoms with Crippen LogP contribution in [0.25, 0.3) is 29.9 Å². The highest BCUT2D eigenvalue weighted by Gasteiger charge is 2.25. The Labute approximate surface area is 123 Å². The van der Waals surface area contributed by atoms with Crippen molar-refractivity contribution in [2.75, 3.05) is 0 Å². The molecule has 1 unspecified atom stereocenters. The molecule has 0 radical (unpaired) electrons. The van der Waals surface area contributed by atoms with E-state index in [4.69, 9.17) is 0 Å². The Balaban J connectivity index is 1.72. The van der Waals surface area contributed by atoms with Crippen molar-refractivity contribution in [3.63, 3.8) is 0 Å². The molecule has 0 fully saturated rings. The van der Waals surface area contributed by atoms with Gasteiger partial charge < -0.3 is 0 Å². The summed E-state index contributed by atoms with van der Waals surface area (Å²) in [4.78, 5) is 0. The van der Waals surface area contributed by atoms with Crippen LogP contribution in [0.15, 0.2) is 54.6 Å². The van der Waals surface area contributed by atoms with Gasteiger partial charge in [0.25, 0.3) is 0 Å². The highest BCUT2D eigenvalue weighted by Crippen LogP contribution is 2.41. The van der Waals surface area contributed by atoms with Crippen LogP contribution in [0.2, 0.25) is 0 Å². The molecule has 0 saturated carbocycles. The highest BCUT2D eigenvalue weighted by molar-refractivity contribution is 5.91. The molecule has 0 heteroatoms. The molecule has 0 saturated heterocycles. The van der Waals surface area contributed by atoms with Gasteiger partial charge in [-0.15, -0.1) is 0 Å². The summed E-state index contributed by atoms with van der Waals surface area (Å²) in [6.07, 6.45) is 15.7. The van der Waals surface area contributed by atoms with Crippen molar-refractivity contribution in [3.05, 3.63) is 87.3 Å². The van der Waals surface area contributed by atoms with Crippen LogP contribution in [0.1, 0.15) is 28.2 Å². The Hall–Kier alpha value is -2.60. The van der Waals surface area contributed by atoms with E-state index in [1.54, 1.807) is 0 Å². The Morgan fingerprint density at radius 2 is 1.67 bits per heavy atom. The summed E-state index contributed by atoms with van der Waals surface area (Å²) in [5.41, 5.74) is 7.01. The normalized spacial score (nSPS) is 19.6. The first-order valence-corrected chi connectivity index (χ1v) is 7.43. The summed E-state index contributed by atoms with van der Waals surface area (Å²) in [5, 5.41) is 2.69. The van der Waals surface area contributed by atoms with Crippen LogP contribution in [0.3, 0.4) is 0 Å². The van der Waals surface area contributed by atoms with Gasteiger partial charge in [-0.3, -0.25) is 0 Å². The molecule has 0 aliphatic heterocycles. The zero-order valence-electron chi connectivity index (χ0n) is 11.6. The first-order valence-electron chi connectivity index (χ1n) is 7.43.